The number of aromatic nitrogens is 2. The highest BCUT2D eigenvalue weighted by Gasteiger charge is 2.25. The SMILES string of the molecule is NC(=O)c1ncc(C2CC2)[nH]1. The number of carbonyl (C=O) groups is 1. The molecule has 1 heterocycles. The second-order valence-electron chi connectivity index (χ2n) is 2.83. The third-order valence-corrected chi connectivity index (χ3v) is 1.85. The fourth-order valence-corrected chi connectivity index (χ4v) is 1.06. The Morgan fingerprint density at radius 1 is 1.73 bits per heavy atom. The third-order valence-electron chi connectivity index (χ3n) is 1.85. The summed E-state index contributed by atoms with van der Waals surface area (Å²) in [5.41, 5.74) is 6.06. The molecule has 4 heteroatoms. The summed E-state index contributed by atoms with van der Waals surface area (Å²) in [6.45, 7) is 0. The van der Waals surface area contributed by atoms with Crippen molar-refractivity contribution in [1.82, 2.24) is 9.97 Å². The highest BCUT2D eigenvalue weighted by atomic mass is 16.1. The van der Waals surface area contributed by atoms with E-state index in [-0.39, 0.29) is 5.82 Å². The molecule has 58 valence electrons. The van der Waals surface area contributed by atoms with Crippen LogP contribution in [0.4, 0.5) is 0 Å². The zero-order valence-electron chi connectivity index (χ0n) is 6.00. The summed E-state index contributed by atoms with van der Waals surface area (Å²) in [5.74, 6) is 0.374. The van der Waals surface area contributed by atoms with Crippen molar-refractivity contribution in [2.45, 2.75) is 18.8 Å². The normalized spacial score (nSPS) is 16.7. The van der Waals surface area contributed by atoms with Gasteiger partial charge in [0.1, 0.15) is 0 Å². The van der Waals surface area contributed by atoms with Crippen LogP contribution in [-0.2, 0) is 0 Å². The van der Waals surface area contributed by atoms with Crippen molar-refractivity contribution in [1.29, 1.82) is 0 Å². The number of primary amides is 1. The van der Waals surface area contributed by atoms with Gasteiger partial charge in [0.2, 0.25) is 0 Å². The van der Waals surface area contributed by atoms with Crippen LogP contribution in [0.25, 0.3) is 0 Å². The number of hydrogen-bond donors (Lipinski definition) is 2. The van der Waals surface area contributed by atoms with E-state index in [0.717, 1.165) is 5.69 Å². The zero-order chi connectivity index (χ0) is 7.84. The van der Waals surface area contributed by atoms with Gasteiger partial charge in [0, 0.05) is 17.8 Å². The van der Waals surface area contributed by atoms with Crippen molar-refractivity contribution in [2.75, 3.05) is 0 Å². The first-order chi connectivity index (χ1) is 5.27. The number of imidazole rings is 1. The number of nitrogens with one attached hydrogen (secondary N) is 1. The first-order valence-corrected chi connectivity index (χ1v) is 3.62. The van der Waals surface area contributed by atoms with Crippen molar-refractivity contribution < 1.29 is 4.79 Å². The summed E-state index contributed by atoms with van der Waals surface area (Å²) in [7, 11) is 0. The Hall–Kier alpha value is -1.32. The number of nitrogens with zero attached hydrogens (tertiary/aromatic N) is 1. The van der Waals surface area contributed by atoms with Gasteiger partial charge in [0.05, 0.1) is 0 Å². The van der Waals surface area contributed by atoms with Crippen LogP contribution in [0.5, 0.6) is 0 Å². The number of carbonyl (C=O) groups excluding carboxylic acids is 1. The number of amides is 1. The first-order valence-electron chi connectivity index (χ1n) is 3.62. The van der Waals surface area contributed by atoms with E-state index < -0.39 is 5.91 Å². The molecule has 2 rings (SSSR count). The molecular weight excluding hydrogens is 142 g/mol. The van der Waals surface area contributed by atoms with E-state index >= 15 is 0 Å². The minimum atomic E-state index is -0.489. The van der Waals surface area contributed by atoms with Gasteiger partial charge in [-0.2, -0.15) is 0 Å². The fourth-order valence-electron chi connectivity index (χ4n) is 1.06. The van der Waals surface area contributed by atoms with Gasteiger partial charge in [0.15, 0.2) is 5.82 Å². The molecule has 1 amide bonds. The summed E-state index contributed by atoms with van der Waals surface area (Å²) in [6.07, 6.45) is 4.08. The number of aromatic amines is 1. The first kappa shape index (κ1) is 6.39. The molecule has 1 aromatic rings. The van der Waals surface area contributed by atoms with E-state index in [4.69, 9.17) is 5.73 Å². The number of nitrogens with two attached hydrogens (primary N) is 1. The summed E-state index contributed by atoms with van der Waals surface area (Å²) in [5, 5.41) is 0. The molecule has 0 radical (unpaired) electrons. The van der Waals surface area contributed by atoms with E-state index in [9.17, 15) is 4.79 Å². The molecule has 0 atom stereocenters. The Labute approximate surface area is 63.8 Å². The van der Waals surface area contributed by atoms with Crippen molar-refractivity contribution in [3.05, 3.63) is 17.7 Å². The molecule has 0 unspecified atom stereocenters. The molecule has 1 aliphatic rings. The maximum absolute atomic E-state index is 10.6. The molecule has 0 saturated heterocycles. The van der Waals surface area contributed by atoms with Crippen molar-refractivity contribution in [3.63, 3.8) is 0 Å². The van der Waals surface area contributed by atoms with Gasteiger partial charge in [-0.15, -0.1) is 0 Å². The van der Waals surface area contributed by atoms with Crippen molar-refractivity contribution in [2.24, 2.45) is 5.73 Å². The van der Waals surface area contributed by atoms with E-state index in [2.05, 4.69) is 9.97 Å². The Balaban J connectivity index is 2.25. The lowest BCUT2D eigenvalue weighted by Gasteiger charge is -1.87. The molecule has 11 heavy (non-hydrogen) atoms. The van der Waals surface area contributed by atoms with Crippen LogP contribution in [0.1, 0.15) is 35.1 Å². The van der Waals surface area contributed by atoms with Crippen LogP contribution in [0.3, 0.4) is 0 Å². The lowest BCUT2D eigenvalue weighted by atomic mass is 10.3. The van der Waals surface area contributed by atoms with Crippen LogP contribution in [0.2, 0.25) is 0 Å². The molecule has 0 aromatic carbocycles. The molecule has 4 nitrogen and oxygen atoms in total. The number of rotatable bonds is 2. The van der Waals surface area contributed by atoms with E-state index in [0.29, 0.717) is 5.92 Å². The van der Waals surface area contributed by atoms with Gasteiger partial charge >= 0.3 is 0 Å². The van der Waals surface area contributed by atoms with Gasteiger partial charge in [-0.05, 0) is 12.8 Å². The summed E-state index contributed by atoms with van der Waals surface area (Å²) >= 11 is 0. The van der Waals surface area contributed by atoms with E-state index in [1.807, 2.05) is 0 Å². The van der Waals surface area contributed by atoms with E-state index in [1.165, 1.54) is 12.8 Å². The predicted octanol–water partition coefficient (Wildman–Crippen LogP) is 0.386. The monoisotopic (exact) mass is 151 g/mol. The quantitative estimate of drug-likeness (QED) is 0.641. The molecule has 0 aliphatic heterocycles. The van der Waals surface area contributed by atoms with Crippen LogP contribution in [-0.4, -0.2) is 15.9 Å². The molecule has 1 saturated carbocycles. The predicted molar refractivity (Wildman–Crippen MR) is 39.1 cm³/mol. The maximum atomic E-state index is 10.6. The zero-order valence-corrected chi connectivity index (χ0v) is 6.00. The second-order valence-corrected chi connectivity index (χ2v) is 2.83. The molecule has 1 fully saturated rings. The summed E-state index contributed by atoms with van der Waals surface area (Å²) in [4.78, 5) is 17.3. The largest absolute Gasteiger partial charge is 0.363 e. The molecule has 3 N–H and O–H groups in total. The minimum absolute atomic E-state index is 0.270. The lowest BCUT2D eigenvalue weighted by molar-refractivity contribution is 0.0991. The molecule has 0 spiro atoms. The molecule has 0 bridgehead atoms. The van der Waals surface area contributed by atoms with Gasteiger partial charge in [-0.3, -0.25) is 4.79 Å². The van der Waals surface area contributed by atoms with E-state index in [1.54, 1.807) is 6.20 Å². The number of hydrogen-bond acceptors (Lipinski definition) is 2. The van der Waals surface area contributed by atoms with Crippen LogP contribution >= 0.6 is 0 Å². The molecule has 1 aromatic heterocycles. The number of H-pyrrole nitrogens is 1. The summed E-state index contributed by atoms with van der Waals surface area (Å²) in [6, 6.07) is 0. The standard InChI is InChI=1S/C7H9N3O/c8-6(11)7-9-3-5(10-7)4-1-2-4/h3-4H,1-2H2,(H2,8,11)(H,9,10). The minimum Gasteiger partial charge on any atom is -0.363 e. The smallest absolute Gasteiger partial charge is 0.284 e. The topological polar surface area (TPSA) is 71.8 Å². The summed E-state index contributed by atoms with van der Waals surface area (Å²) < 4.78 is 0. The highest BCUT2D eigenvalue weighted by molar-refractivity contribution is 5.88. The van der Waals surface area contributed by atoms with Gasteiger partial charge in [-0.1, -0.05) is 0 Å². The van der Waals surface area contributed by atoms with Crippen LogP contribution in [0.15, 0.2) is 6.20 Å². The Kier molecular flexibility index (Phi) is 1.21. The van der Waals surface area contributed by atoms with Crippen molar-refractivity contribution >= 4 is 5.91 Å². The van der Waals surface area contributed by atoms with Gasteiger partial charge in [-0.25, -0.2) is 4.98 Å². The van der Waals surface area contributed by atoms with Crippen molar-refractivity contribution in [3.8, 4) is 0 Å². The molecule has 1 aliphatic carbocycles. The average Bonchev–Trinajstić information content (AvgIpc) is 2.68. The third kappa shape index (κ3) is 1.11. The fraction of sp³-hybridized carbons (Fsp3) is 0.429. The van der Waals surface area contributed by atoms with Crippen LogP contribution < -0.4 is 5.73 Å². The van der Waals surface area contributed by atoms with Gasteiger partial charge < -0.3 is 10.7 Å². The Morgan fingerprint density at radius 2 is 2.45 bits per heavy atom. The van der Waals surface area contributed by atoms with Gasteiger partial charge in [0.25, 0.3) is 5.91 Å². The average molecular weight is 151 g/mol. The second kappa shape index (κ2) is 2.08. The Morgan fingerprint density at radius 3 is 2.91 bits per heavy atom. The maximum Gasteiger partial charge on any atom is 0.284 e. The van der Waals surface area contributed by atoms with Crippen LogP contribution in [0, 0.1) is 0 Å². The Bertz CT molecular complexity index is 288. The lowest BCUT2D eigenvalue weighted by Crippen LogP contribution is -2.12. The molecular formula is C7H9N3O. The highest BCUT2D eigenvalue weighted by Crippen LogP contribution is 2.38.